The molecule has 0 saturated heterocycles. The lowest BCUT2D eigenvalue weighted by atomic mass is 9.57. The van der Waals surface area contributed by atoms with Crippen LogP contribution in [0.2, 0.25) is 36.3 Å². The molecule has 6 aliphatic carbocycles. The lowest BCUT2D eigenvalue weighted by molar-refractivity contribution is -0.151. The van der Waals surface area contributed by atoms with Crippen molar-refractivity contribution in [1.82, 2.24) is 24.9 Å². The summed E-state index contributed by atoms with van der Waals surface area (Å²) < 4.78 is 32.4. The minimum absolute atomic E-state index is 0. The summed E-state index contributed by atoms with van der Waals surface area (Å²) in [5, 5.41) is 38.8. The maximum Gasteiger partial charge on any atom is 0.265 e. The molecule has 2 fully saturated rings. The van der Waals surface area contributed by atoms with E-state index in [9.17, 15) is 34.5 Å². The van der Waals surface area contributed by atoms with Crippen molar-refractivity contribution < 1.29 is 62.1 Å². The van der Waals surface area contributed by atoms with Crippen LogP contribution in [0.25, 0.3) is 11.5 Å². The number of hydrogen-bond donors (Lipinski definition) is 5. The largest absolute Gasteiger partial charge is 0.508 e. The predicted octanol–water partition coefficient (Wildman–Crippen LogP) is 10.5. The van der Waals surface area contributed by atoms with E-state index in [1.165, 1.54) is 0 Å². The molecule has 3 aromatic heterocycles. The van der Waals surface area contributed by atoms with E-state index >= 15 is 9.59 Å². The fraction of sp³-hybridized carbons (Fsp3) is 0.471. The summed E-state index contributed by atoms with van der Waals surface area (Å²) in [6.45, 7) is 24.0. The van der Waals surface area contributed by atoms with E-state index in [0.717, 1.165) is 22.4 Å². The quantitative estimate of drug-likeness (QED) is 0.0416. The van der Waals surface area contributed by atoms with Gasteiger partial charge in [-0.05, 0) is 155 Å². The third kappa shape index (κ3) is 11.4. The summed E-state index contributed by atoms with van der Waals surface area (Å²) in [6.07, 6.45) is 1.33. The van der Waals surface area contributed by atoms with Crippen molar-refractivity contribution in [3.8, 4) is 11.8 Å². The number of nitrogens with two attached hydrogens (primary N) is 1. The molecule has 5 aromatic rings. The number of H-pyrrole nitrogens is 1. The molecule has 91 heavy (non-hydrogen) atoms. The molecule has 23 heteroatoms. The van der Waals surface area contributed by atoms with Crippen LogP contribution in [0.1, 0.15) is 121 Å². The molecule has 6 aliphatic rings. The maximum absolute atomic E-state index is 15.6. The average Bonchev–Trinajstić information content (AvgIpc) is 1.42. The first-order valence-electron chi connectivity index (χ1n) is 30.6. The molecule has 486 valence electrons. The number of likely N-dealkylation sites (N-methyl/N-ethyl adjacent to an activating group) is 1. The van der Waals surface area contributed by atoms with Gasteiger partial charge in [-0.1, -0.05) is 102 Å². The summed E-state index contributed by atoms with van der Waals surface area (Å²) in [4.78, 5) is 95.5. The van der Waals surface area contributed by atoms with Gasteiger partial charge < -0.3 is 48.9 Å². The number of nitrogens with zero attached hydrogens (tertiary/aromatic N) is 4. The Balaban J connectivity index is 0.000000224. The van der Waals surface area contributed by atoms with Gasteiger partial charge in [0.1, 0.15) is 41.6 Å². The molecule has 2 aromatic carbocycles. The number of carbonyl (C=O) groups is 5. The number of benzene rings is 2. The molecular formula is C68H85ClN6O14Si2. The highest BCUT2D eigenvalue weighted by molar-refractivity contribution is 6.75. The fourth-order valence-corrected chi connectivity index (χ4v) is 16.8. The van der Waals surface area contributed by atoms with Gasteiger partial charge in [-0.3, -0.25) is 38.6 Å². The third-order valence-corrected chi connectivity index (χ3v) is 29.0. The molecule has 0 aliphatic heterocycles. The number of Topliss-reactive ketones (excluding diaryl/α,β-unsaturated/α-hetero) is 4. The van der Waals surface area contributed by atoms with E-state index < -0.39 is 120 Å². The standard InChI is InChI=1S/C41H47N3O7Si.C27H37N3O7Si.ClH/c1-24-19-27-20-28-21-29-33(44(5)6)35-32(39(43-50-35)49-23-26-17-13-10-14-18-26)37(47)41(29,51-52(7,8)40(2,3)4)36(46)30(28)34(45)31(27)38(42-24)48-22-25-15-11-9-12-16-25;1-12-9-13-10-14-11-15-19(30(5)6)21(32)18(24(28)35)23(34)27(15,37-38(7,8)26(2,3)4)22(33)16(14)20(31)17(13)25(36)29-12;/h9-19,28-29,33,45H,20-23H2,1-8H3;9,14-15,19,31,34H,10-11H2,1-8H3,(H2,28,35)(H,29,36);1H/t28-,29-,33-,41-;14-,15-,19-,27-;/m00./s1. The molecule has 0 unspecified atom stereocenters. The van der Waals surface area contributed by atoms with Crippen LogP contribution in [0.15, 0.2) is 105 Å². The second-order valence-electron chi connectivity index (χ2n) is 28.5. The number of aliphatic hydroxyl groups is 3. The summed E-state index contributed by atoms with van der Waals surface area (Å²) in [6, 6.07) is 21.5. The second kappa shape index (κ2) is 24.3. The van der Waals surface area contributed by atoms with Gasteiger partial charge in [-0.2, -0.15) is 0 Å². The Hall–Kier alpha value is -7.32. The van der Waals surface area contributed by atoms with Crippen LogP contribution in [-0.2, 0) is 54.1 Å². The number of nitrogens with one attached hydrogen (secondary N) is 1. The molecule has 8 atom stereocenters. The number of amides is 1. The lowest BCUT2D eigenvalue weighted by Gasteiger charge is -2.55. The van der Waals surface area contributed by atoms with E-state index in [4.69, 9.17) is 28.6 Å². The molecular weight excluding hydrogens is 1220 g/mol. The lowest BCUT2D eigenvalue weighted by Crippen LogP contribution is -2.69. The van der Waals surface area contributed by atoms with Crippen LogP contribution in [-0.4, -0.2) is 131 Å². The highest BCUT2D eigenvalue weighted by Gasteiger charge is 2.70. The fourth-order valence-electron chi connectivity index (χ4n) is 13.9. The number of carbonyl (C=O) groups excluding carboxylic acids is 5. The van der Waals surface area contributed by atoms with Crippen LogP contribution in [0.3, 0.4) is 0 Å². The molecule has 11 rings (SSSR count). The zero-order chi connectivity index (χ0) is 65.9. The van der Waals surface area contributed by atoms with Gasteiger partial charge >= 0.3 is 0 Å². The van der Waals surface area contributed by atoms with E-state index in [0.29, 0.717) is 41.8 Å². The van der Waals surface area contributed by atoms with Gasteiger partial charge in [0.05, 0.1) is 23.2 Å². The third-order valence-electron chi connectivity index (χ3n) is 20.1. The van der Waals surface area contributed by atoms with E-state index in [2.05, 4.69) is 35.9 Å². The number of pyridine rings is 2. The van der Waals surface area contributed by atoms with Crippen LogP contribution in [0.5, 0.6) is 11.8 Å². The molecule has 20 nitrogen and oxygen atoms in total. The molecule has 3 heterocycles. The van der Waals surface area contributed by atoms with Gasteiger partial charge in [0.2, 0.25) is 23.2 Å². The molecule has 0 bridgehead atoms. The van der Waals surface area contributed by atoms with Gasteiger partial charge in [-0.15, -0.1) is 12.4 Å². The normalized spacial score (nSPS) is 24.7. The number of primary amides is 1. The number of aliphatic hydroxyl groups excluding tert-OH is 3. The Kier molecular flexibility index (Phi) is 18.2. The summed E-state index contributed by atoms with van der Waals surface area (Å²) >= 11 is 0. The summed E-state index contributed by atoms with van der Waals surface area (Å²) in [5.41, 5.74) is 5.54. The molecule has 0 radical (unpaired) electrons. The first-order chi connectivity index (χ1) is 42.0. The van der Waals surface area contributed by atoms with Crippen molar-refractivity contribution in [3.05, 3.63) is 162 Å². The Labute approximate surface area is 538 Å². The van der Waals surface area contributed by atoms with Crippen LogP contribution >= 0.6 is 12.4 Å². The van der Waals surface area contributed by atoms with Crippen LogP contribution in [0, 0.1) is 37.5 Å². The van der Waals surface area contributed by atoms with Gasteiger partial charge in [-0.25, -0.2) is 4.98 Å². The van der Waals surface area contributed by atoms with Crippen molar-refractivity contribution >= 4 is 69.6 Å². The average molecular weight is 1300 g/mol. The van der Waals surface area contributed by atoms with Gasteiger partial charge in [0, 0.05) is 34.4 Å². The molecule has 6 N–H and O–H groups in total. The number of fused-ring (bicyclic) bond motifs is 7. The Morgan fingerprint density at radius 3 is 1.63 bits per heavy atom. The van der Waals surface area contributed by atoms with Crippen molar-refractivity contribution in [2.24, 2.45) is 29.4 Å². The van der Waals surface area contributed by atoms with Crippen molar-refractivity contribution in [1.29, 1.82) is 0 Å². The number of hydrogen-bond acceptors (Lipinski definition) is 18. The maximum atomic E-state index is 15.6. The topological polar surface area (TPSA) is 287 Å². The van der Waals surface area contributed by atoms with Crippen LogP contribution < -0.4 is 20.8 Å². The number of halogens is 1. The van der Waals surface area contributed by atoms with Gasteiger partial charge in [0.25, 0.3) is 17.3 Å². The number of ketones is 4. The van der Waals surface area contributed by atoms with E-state index in [-0.39, 0.29) is 76.9 Å². The van der Waals surface area contributed by atoms with Crippen molar-refractivity contribution in [2.45, 2.75) is 154 Å². The monoisotopic (exact) mass is 1300 g/mol. The highest BCUT2D eigenvalue weighted by atomic mass is 35.5. The van der Waals surface area contributed by atoms with Crippen LogP contribution in [0.4, 0.5) is 0 Å². The predicted molar refractivity (Wildman–Crippen MR) is 350 cm³/mol. The van der Waals surface area contributed by atoms with Gasteiger partial charge in [0.15, 0.2) is 39.4 Å². The molecule has 1 amide bonds. The number of ether oxygens (including phenoxy) is 2. The van der Waals surface area contributed by atoms with E-state index in [1.54, 1.807) is 32.0 Å². The number of aryl methyl sites for hydroxylation is 2. The number of rotatable bonds is 13. The zero-order valence-corrected chi connectivity index (χ0v) is 57.6. The Morgan fingerprint density at radius 2 is 1.13 bits per heavy atom. The minimum atomic E-state index is -2.88. The first kappa shape index (κ1) is 68.1. The zero-order valence-electron chi connectivity index (χ0n) is 54.7. The highest BCUT2D eigenvalue weighted by Crippen LogP contribution is 2.60. The first-order valence-corrected chi connectivity index (χ1v) is 36.4. The number of aromatic amines is 1. The molecule has 0 spiro atoms. The smallest absolute Gasteiger partial charge is 0.265 e. The Morgan fingerprint density at radius 1 is 0.670 bits per heavy atom. The summed E-state index contributed by atoms with van der Waals surface area (Å²) in [5.74, 6) is -6.97. The van der Waals surface area contributed by atoms with Crippen molar-refractivity contribution in [2.75, 3.05) is 28.2 Å². The molecule has 2 saturated carbocycles. The second-order valence-corrected chi connectivity index (χ2v) is 38.0. The number of aromatic nitrogens is 3. The summed E-state index contributed by atoms with van der Waals surface area (Å²) in [7, 11) is 1.39. The van der Waals surface area contributed by atoms with E-state index in [1.807, 2.05) is 140 Å². The SMILES string of the molecule is Cc1cc2c(c(=O)[nH]1)C(O)=C1C(=O)[C@]3(O[Si](C)(C)C(C)(C)C)C(O)=C(C(N)=O)C(=O)[C@@H](N(C)C)[C@@H]3C[C@@H]1C2.Cc1cc2c(c(OCc3ccccc3)n1)C(O)=C1C(=O)[C@]3(O[Si](C)(C)C(C)(C)C)C(=O)c4c(OCc5ccccc5)noc4[C@@H](N(C)C)[C@@H]3C[C@@H]1C2.Cl. The minimum Gasteiger partial charge on any atom is -0.508 e. The Bertz CT molecular complexity index is 3940. The van der Waals surface area contributed by atoms with Crippen molar-refractivity contribution in [3.63, 3.8) is 0 Å².